The number of thiazole rings is 1. The van der Waals surface area contributed by atoms with Gasteiger partial charge in [0.1, 0.15) is 17.2 Å². The molecular weight excluding hydrogens is 300 g/mol. The van der Waals surface area contributed by atoms with Gasteiger partial charge in [0.25, 0.3) is 0 Å². The van der Waals surface area contributed by atoms with Crippen LogP contribution in [0.2, 0.25) is 0 Å². The Labute approximate surface area is 134 Å². The van der Waals surface area contributed by atoms with Crippen LogP contribution in [-0.2, 0) is 0 Å². The Hall–Kier alpha value is -2.08. The molecular formula is C16H20N2O3S. The molecule has 1 heterocycles. The highest BCUT2D eigenvalue weighted by Gasteiger charge is 2.13. The number of hydrogen-bond acceptors (Lipinski definition) is 5. The third kappa shape index (κ3) is 3.98. The molecule has 2 N–H and O–H groups in total. The number of hydrogen-bond donors (Lipinski definition) is 2. The summed E-state index contributed by atoms with van der Waals surface area (Å²) in [6.07, 6.45) is 0. The van der Waals surface area contributed by atoms with E-state index in [0.717, 1.165) is 17.1 Å². The van der Waals surface area contributed by atoms with E-state index in [1.54, 1.807) is 6.92 Å². The summed E-state index contributed by atoms with van der Waals surface area (Å²) in [6, 6.07) is 7.99. The van der Waals surface area contributed by atoms with Gasteiger partial charge in [0.05, 0.1) is 12.2 Å². The number of nitrogens with zero attached hydrogens (tertiary/aromatic N) is 1. The number of ether oxygens (including phenoxy) is 1. The highest BCUT2D eigenvalue weighted by molar-refractivity contribution is 7.17. The number of carbonyl (C=O) groups is 1. The normalized spacial score (nSPS) is 10.7. The van der Waals surface area contributed by atoms with E-state index in [2.05, 4.69) is 30.2 Å². The van der Waals surface area contributed by atoms with Crippen molar-refractivity contribution in [3.63, 3.8) is 0 Å². The Morgan fingerprint density at radius 3 is 2.77 bits per heavy atom. The highest BCUT2D eigenvalue weighted by atomic mass is 32.1. The number of carboxylic acids is 1. The molecule has 0 saturated heterocycles. The maximum atomic E-state index is 11.0. The van der Waals surface area contributed by atoms with E-state index in [0.29, 0.717) is 29.9 Å². The zero-order chi connectivity index (χ0) is 16.1. The monoisotopic (exact) mass is 320 g/mol. The molecule has 0 bridgehead atoms. The molecule has 0 amide bonds. The van der Waals surface area contributed by atoms with Gasteiger partial charge in [0, 0.05) is 0 Å². The van der Waals surface area contributed by atoms with Crippen LogP contribution in [0.1, 0.15) is 40.7 Å². The number of benzene rings is 1. The fourth-order valence-corrected chi connectivity index (χ4v) is 2.91. The number of nitrogens with one attached hydrogen (secondary N) is 1. The van der Waals surface area contributed by atoms with Gasteiger partial charge in [0.2, 0.25) is 0 Å². The van der Waals surface area contributed by atoms with E-state index < -0.39 is 5.97 Å². The largest absolute Gasteiger partial charge is 0.491 e. The third-order valence-electron chi connectivity index (χ3n) is 3.17. The van der Waals surface area contributed by atoms with Gasteiger partial charge in [-0.3, -0.25) is 0 Å². The highest BCUT2D eigenvalue weighted by Crippen LogP contribution is 2.26. The van der Waals surface area contributed by atoms with Gasteiger partial charge < -0.3 is 15.2 Å². The molecule has 2 aromatic rings. The lowest BCUT2D eigenvalue weighted by atomic mass is 10.0. The van der Waals surface area contributed by atoms with Crippen LogP contribution in [-0.4, -0.2) is 29.2 Å². The van der Waals surface area contributed by atoms with Crippen molar-refractivity contribution in [3.8, 4) is 5.75 Å². The van der Waals surface area contributed by atoms with Crippen LogP contribution < -0.4 is 10.1 Å². The predicted molar refractivity (Wildman–Crippen MR) is 88.3 cm³/mol. The fraction of sp³-hybridized carbons (Fsp3) is 0.375. The average Bonchev–Trinajstić information content (AvgIpc) is 2.85. The van der Waals surface area contributed by atoms with Crippen LogP contribution in [0.3, 0.4) is 0 Å². The van der Waals surface area contributed by atoms with E-state index >= 15 is 0 Å². The van der Waals surface area contributed by atoms with Gasteiger partial charge in [-0.1, -0.05) is 43.4 Å². The number of rotatable bonds is 7. The summed E-state index contributed by atoms with van der Waals surface area (Å²) >= 11 is 1.14. The van der Waals surface area contributed by atoms with Gasteiger partial charge in [-0.25, -0.2) is 9.78 Å². The summed E-state index contributed by atoms with van der Waals surface area (Å²) in [6.45, 7) is 7.02. The molecule has 0 aliphatic heterocycles. The lowest BCUT2D eigenvalue weighted by Crippen LogP contribution is -2.12. The van der Waals surface area contributed by atoms with Gasteiger partial charge >= 0.3 is 5.97 Å². The van der Waals surface area contributed by atoms with E-state index in [4.69, 9.17) is 9.84 Å². The number of aromatic nitrogens is 1. The van der Waals surface area contributed by atoms with Crippen LogP contribution in [0.5, 0.6) is 5.75 Å². The van der Waals surface area contributed by atoms with Crippen molar-refractivity contribution < 1.29 is 14.6 Å². The maximum Gasteiger partial charge on any atom is 0.347 e. The third-order valence-corrected chi connectivity index (χ3v) is 4.27. The Balaban J connectivity index is 1.88. The Bertz CT molecular complexity index is 653. The summed E-state index contributed by atoms with van der Waals surface area (Å²) in [5.41, 5.74) is 1.71. The van der Waals surface area contributed by atoms with Crippen molar-refractivity contribution in [3.05, 3.63) is 40.4 Å². The zero-order valence-electron chi connectivity index (χ0n) is 12.9. The SMILES string of the molecule is Cc1nc(NCCOc2ccccc2C(C)C)sc1C(=O)O. The summed E-state index contributed by atoms with van der Waals surface area (Å²) < 4.78 is 5.80. The van der Waals surface area contributed by atoms with E-state index in [1.807, 2.05) is 18.2 Å². The number of carboxylic acid groups (broad SMARTS) is 1. The predicted octanol–water partition coefficient (Wildman–Crippen LogP) is 3.76. The molecule has 5 nitrogen and oxygen atoms in total. The average molecular weight is 320 g/mol. The topological polar surface area (TPSA) is 71.5 Å². The summed E-state index contributed by atoms with van der Waals surface area (Å²) in [5, 5.41) is 12.7. The number of aromatic carboxylic acids is 1. The van der Waals surface area contributed by atoms with Crippen LogP contribution in [0, 0.1) is 6.92 Å². The van der Waals surface area contributed by atoms with Gasteiger partial charge in [-0.15, -0.1) is 0 Å². The second-order valence-electron chi connectivity index (χ2n) is 5.21. The van der Waals surface area contributed by atoms with Crippen molar-refractivity contribution >= 4 is 22.4 Å². The Morgan fingerprint density at radius 2 is 2.14 bits per heavy atom. The number of para-hydroxylation sites is 1. The molecule has 0 radical (unpaired) electrons. The molecule has 1 aromatic heterocycles. The molecule has 0 aliphatic rings. The number of anilines is 1. The van der Waals surface area contributed by atoms with Crippen molar-refractivity contribution in [1.29, 1.82) is 0 Å². The first kappa shape index (κ1) is 16.3. The van der Waals surface area contributed by atoms with Crippen molar-refractivity contribution in [2.24, 2.45) is 0 Å². The molecule has 0 saturated carbocycles. The summed E-state index contributed by atoms with van der Waals surface area (Å²) in [7, 11) is 0. The molecule has 1 aromatic carbocycles. The van der Waals surface area contributed by atoms with Gasteiger partial charge in [-0.05, 0) is 24.5 Å². The molecule has 0 atom stereocenters. The molecule has 22 heavy (non-hydrogen) atoms. The van der Waals surface area contributed by atoms with Crippen LogP contribution in [0.4, 0.5) is 5.13 Å². The quantitative estimate of drug-likeness (QED) is 0.760. The van der Waals surface area contributed by atoms with Crippen LogP contribution >= 0.6 is 11.3 Å². The lowest BCUT2D eigenvalue weighted by molar-refractivity contribution is 0.0701. The van der Waals surface area contributed by atoms with Gasteiger partial charge in [-0.2, -0.15) is 0 Å². The summed E-state index contributed by atoms with van der Waals surface area (Å²) in [4.78, 5) is 15.4. The van der Waals surface area contributed by atoms with Crippen molar-refractivity contribution in [1.82, 2.24) is 4.98 Å². The summed E-state index contributed by atoms with van der Waals surface area (Å²) in [5.74, 6) is 0.356. The minimum Gasteiger partial charge on any atom is -0.491 e. The van der Waals surface area contributed by atoms with E-state index in [1.165, 1.54) is 5.56 Å². The van der Waals surface area contributed by atoms with Crippen LogP contribution in [0.15, 0.2) is 24.3 Å². The Kier molecular flexibility index (Phi) is 5.38. The van der Waals surface area contributed by atoms with Crippen LogP contribution in [0.25, 0.3) is 0 Å². The van der Waals surface area contributed by atoms with Crippen molar-refractivity contribution in [2.75, 3.05) is 18.5 Å². The molecule has 118 valence electrons. The first-order valence-corrected chi connectivity index (χ1v) is 7.97. The first-order valence-electron chi connectivity index (χ1n) is 7.15. The Morgan fingerprint density at radius 1 is 1.41 bits per heavy atom. The number of aryl methyl sites for hydroxylation is 1. The smallest absolute Gasteiger partial charge is 0.347 e. The minimum absolute atomic E-state index is 0.272. The standard InChI is InChI=1S/C16H20N2O3S/c1-10(2)12-6-4-5-7-13(12)21-9-8-17-16-18-11(3)14(22-16)15(19)20/h4-7,10H,8-9H2,1-3H3,(H,17,18)(H,19,20). The zero-order valence-corrected chi connectivity index (χ0v) is 13.7. The van der Waals surface area contributed by atoms with Crippen molar-refractivity contribution in [2.45, 2.75) is 26.7 Å². The second-order valence-corrected chi connectivity index (χ2v) is 6.21. The van der Waals surface area contributed by atoms with E-state index in [-0.39, 0.29) is 4.88 Å². The first-order chi connectivity index (χ1) is 10.5. The minimum atomic E-state index is -0.940. The van der Waals surface area contributed by atoms with E-state index in [9.17, 15) is 4.79 Å². The molecule has 0 spiro atoms. The lowest BCUT2D eigenvalue weighted by Gasteiger charge is -2.13. The molecule has 6 heteroatoms. The molecule has 2 rings (SSSR count). The second kappa shape index (κ2) is 7.26. The van der Waals surface area contributed by atoms with Gasteiger partial charge in [0.15, 0.2) is 5.13 Å². The maximum absolute atomic E-state index is 11.0. The fourth-order valence-electron chi connectivity index (χ4n) is 2.08. The molecule has 0 aliphatic carbocycles. The molecule has 0 fully saturated rings. The molecule has 0 unspecified atom stereocenters.